The van der Waals surface area contributed by atoms with Crippen LogP contribution in [0.3, 0.4) is 0 Å². The number of likely N-dealkylation sites (tertiary alicyclic amines) is 1. The van der Waals surface area contributed by atoms with Crippen LogP contribution < -0.4 is 10.6 Å². The molecule has 4 rings (SSSR count). The van der Waals surface area contributed by atoms with Gasteiger partial charge in [0.2, 0.25) is 0 Å². The van der Waals surface area contributed by atoms with E-state index in [1.54, 1.807) is 11.3 Å². The molecule has 0 unspecified atom stereocenters. The molecule has 0 amide bonds. The van der Waals surface area contributed by atoms with Gasteiger partial charge in [-0.05, 0) is 25.3 Å². The highest BCUT2D eigenvalue weighted by atomic mass is 32.1. The van der Waals surface area contributed by atoms with E-state index in [4.69, 9.17) is 9.98 Å². The number of thiazole rings is 1. The summed E-state index contributed by atoms with van der Waals surface area (Å²) in [5.41, 5.74) is 3.57. The first-order chi connectivity index (χ1) is 15.3. The van der Waals surface area contributed by atoms with E-state index < -0.39 is 0 Å². The fourth-order valence-electron chi connectivity index (χ4n) is 3.84. The van der Waals surface area contributed by atoms with Crippen molar-refractivity contribution in [2.45, 2.75) is 38.9 Å². The van der Waals surface area contributed by atoms with Crippen LogP contribution in [0, 0.1) is 0 Å². The van der Waals surface area contributed by atoms with E-state index in [1.807, 2.05) is 18.2 Å². The number of benzene rings is 2. The summed E-state index contributed by atoms with van der Waals surface area (Å²) in [6.45, 7) is 6.80. The van der Waals surface area contributed by atoms with Crippen LogP contribution in [0.5, 0.6) is 0 Å². The molecule has 31 heavy (non-hydrogen) atoms. The van der Waals surface area contributed by atoms with Gasteiger partial charge >= 0.3 is 0 Å². The molecule has 2 N–H and O–H groups in total. The Labute approximate surface area is 189 Å². The van der Waals surface area contributed by atoms with Gasteiger partial charge in [-0.3, -0.25) is 4.90 Å². The Morgan fingerprint density at radius 3 is 2.48 bits per heavy atom. The number of hydrogen-bond donors (Lipinski definition) is 2. The number of piperidine rings is 1. The second-order valence-electron chi connectivity index (χ2n) is 7.89. The lowest BCUT2D eigenvalue weighted by Gasteiger charge is -2.33. The van der Waals surface area contributed by atoms with Crippen LogP contribution in [0.25, 0.3) is 10.6 Å². The topological polar surface area (TPSA) is 52.6 Å². The van der Waals surface area contributed by atoms with Crippen molar-refractivity contribution in [1.82, 2.24) is 20.5 Å². The van der Waals surface area contributed by atoms with Crippen molar-refractivity contribution in [2.24, 2.45) is 4.99 Å². The van der Waals surface area contributed by atoms with Crippen molar-refractivity contribution in [3.63, 3.8) is 0 Å². The van der Waals surface area contributed by atoms with Gasteiger partial charge in [0, 0.05) is 43.2 Å². The summed E-state index contributed by atoms with van der Waals surface area (Å²) in [6.07, 6.45) is 2.26. The number of nitrogens with one attached hydrogen (secondary N) is 2. The molecule has 0 radical (unpaired) electrons. The minimum atomic E-state index is 0.458. The molecule has 1 saturated heterocycles. The van der Waals surface area contributed by atoms with Crippen LogP contribution in [0.15, 0.2) is 71.0 Å². The average molecular weight is 434 g/mol. The third-order valence-electron chi connectivity index (χ3n) is 5.49. The molecular weight excluding hydrogens is 402 g/mol. The maximum Gasteiger partial charge on any atom is 0.191 e. The fourth-order valence-corrected chi connectivity index (χ4v) is 4.66. The first kappa shape index (κ1) is 21.5. The first-order valence-corrected chi connectivity index (χ1v) is 12.0. The molecule has 1 aliphatic rings. The summed E-state index contributed by atoms with van der Waals surface area (Å²) < 4.78 is 0. The summed E-state index contributed by atoms with van der Waals surface area (Å²) >= 11 is 1.68. The zero-order valence-corrected chi connectivity index (χ0v) is 18.9. The van der Waals surface area contributed by atoms with Gasteiger partial charge in [-0.2, -0.15) is 0 Å². The molecule has 1 aromatic heterocycles. The molecule has 0 spiro atoms. The van der Waals surface area contributed by atoms with Crippen molar-refractivity contribution in [3.8, 4) is 10.6 Å². The van der Waals surface area contributed by atoms with E-state index in [0.29, 0.717) is 12.6 Å². The SMILES string of the molecule is CCNC(=NCc1csc(-c2ccccc2)n1)NC1CCN(Cc2ccccc2)CC1. The standard InChI is InChI=1S/C25H31N5S/c1-2-26-25(27-17-23-19-31-24(28-23)21-11-7-4-8-12-21)29-22-13-15-30(16-14-22)18-20-9-5-3-6-10-20/h3-12,19,22H,2,13-18H2,1H3,(H2,26,27,29). The molecule has 1 aliphatic heterocycles. The Bertz CT molecular complexity index is 946. The highest BCUT2D eigenvalue weighted by Crippen LogP contribution is 2.23. The predicted molar refractivity (Wildman–Crippen MR) is 130 cm³/mol. The van der Waals surface area contributed by atoms with Crippen molar-refractivity contribution in [2.75, 3.05) is 19.6 Å². The van der Waals surface area contributed by atoms with Crippen LogP contribution in [-0.4, -0.2) is 41.5 Å². The predicted octanol–water partition coefficient (Wildman–Crippen LogP) is 4.53. The maximum atomic E-state index is 4.80. The summed E-state index contributed by atoms with van der Waals surface area (Å²) in [7, 11) is 0. The van der Waals surface area contributed by atoms with Crippen LogP contribution in [0.1, 0.15) is 31.0 Å². The van der Waals surface area contributed by atoms with E-state index in [1.165, 1.54) is 5.56 Å². The third-order valence-corrected chi connectivity index (χ3v) is 6.43. The van der Waals surface area contributed by atoms with Gasteiger partial charge in [-0.1, -0.05) is 60.7 Å². The Kier molecular flexibility index (Phi) is 7.69. The summed E-state index contributed by atoms with van der Waals surface area (Å²) in [5, 5.41) is 10.2. The molecule has 0 atom stereocenters. The Hall–Kier alpha value is -2.70. The number of aromatic nitrogens is 1. The molecule has 3 aromatic rings. The zero-order chi connectivity index (χ0) is 21.3. The summed E-state index contributed by atoms with van der Waals surface area (Å²) in [6, 6.07) is 21.5. The van der Waals surface area contributed by atoms with E-state index in [0.717, 1.165) is 61.2 Å². The van der Waals surface area contributed by atoms with Gasteiger partial charge in [0.05, 0.1) is 12.2 Å². The van der Waals surface area contributed by atoms with Gasteiger partial charge in [0.15, 0.2) is 5.96 Å². The third kappa shape index (κ3) is 6.39. The Morgan fingerprint density at radius 2 is 1.77 bits per heavy atom. The molecule has 2 aromatic carbocycles. The number of guanidine groups is 1. The van der Waals surface area contributed by atoms with Gasteiger partial charge in [0.1, 0.15) is 5.01 Å². The molecule has 162 valence electrons. The summed E-state index contributed by atoms with van der Waals surface area (Å²) in [4.78, 5) is 12.1. The van der Waals surface area contributed by atoms with E-state index >= 15 is 0 Å². The molecule has 5 nitrogen and oxygen atoms in total. The van der Waals surface area contributed by atoms with Gasteiger partial charge in [-0.25, -0.2) is 9.98 Å². The fraction of sp³-hybridized carbons (Fsp3) is 0.360. The lowest BCUT2D eigenvalue weighted by atomic mass is 10.0. The minimum absolute atomic E-state index is 0.458. The highest BCUT2D eigenvalue weighted by Gasteiger charge is 2.20. The van der Waals surface area contributed by atoms with Gasteiger partial charge in [0.25, 0.3) is 0 Å². The van der Waals surface area contributed by atoms with Gasteiger partial charge < -0.3 is 10.6 Å². The van der Waals surface area contributed by atoms with Crippen LogP contribution in [0.2, 0.25) is 0 Å². The molecule has 0 bridgehead atoms. The minimum Gasteiger partial charge on any atom is -0.357 e. The molecule has 0 aliphatic carbocycles. The monoisotopic (exact) mass is 433 g/mol. The smallest absolute Gasteiger partial charge is 0.191 e. The van der Waals surface area contributed by atoms with E-state index in [9.17, 15) is 0 Å². The number of nitrogens with zero attached hydrogens (tertiary/aromatic N) is 3. The molecule has 0 saturated carbocycles. The molecule has 6 heteroatoms. The largest absolute Gasteiger partial charge is 0.357 e. The Balaban J connectivity index is 1.29. The van der Waals surface area contributed by atoms with Crippen LogP contribution >= 0.6 is 11.3 Å². The maximum absolute atomic E-state index is 4.80. The molecular formula is C25H31N5S. The van der Waals surface area contributed by atoms with Crippen LogP contribution in [-0.2, 0) is 13.1 Å². The number of aliphatic imine (C=N–C) groups is 1. The van der Waals surface area contributed by atoms with Crippen molar-refractivity contribution >= 4 is 17.3 Å². The quantitative estimate of drug-likeness (QED) is 0.425. The first-order valence-electron chi connectivity index (χ1n) is 11.1. The van der Waals surface area contributed by atoms with Crippen LogP contribution in [0.4, 0.5) is 0 Å². The molecule has 2 heterocycles. The van der Waals surface area contributed by atoms with Crippen molar-refractivity contribution in [3.05, 3.63) is 77.3 Å². The Morgan fingerprint density at radius 1 is 1.06 bits per heavy atom. The lowest BCUT2D eigenvalue weighted by Crippen LogP contribution is -2.48. The molecule has 1 fully saturated rings. The second-order valence-corrected chi connectivity index (χ2v) is 8.74. The number of hydrogen-bond acceptors (Lipinski definition) is 4. The van der Waals surface area contributed by atoms with E-state index in [-0.39, 0.29) is 0 Å². The average Bonchev–Trinajstić information content (AvgIpc) is 3.29. The van der Waals surface area contributed by atoms with Gasteiger partial charge in [-0.15, -0.1) is 11.3 Å². The van der Waals surface area contributed by atoms with Crippen molar-refractivity contribution in [1.29, 1.82) is 0 Å². The van der Waals surface area contributed by atoms with Crippen molar-refractivity contribution < 1.29 is 0 Å². The van der Waals surface area contributed by atoms with E-state index in [2.05, 4.69) is 70.3 Å². The highest BCUT2D eigenvalue weighted by molar-refractivity contribution is 7.13. The second kappa shape index (κ2) is 11.1. The normalized spacial score (nSPS) is 15.7. The lowest BCUT2D eigenvalue weighted by molar-refractivity contribution is 0.198. The zero-order valence-electron chi connectivity index (χ0n) is 18.1. The summed E-state index contributed by atoms with van der Waals surface area (Å²) in [5.74, 6) is 0.887. The number of rotatable bonds is 7.